The number of hydrogen-bond donors (Lipinski definition) is 1. The van der Waals surface area contributed by atoms with Crippen LogP contribution in [0.15, 0.2) is 24.3 Å². The van der Waals surface area contributed by atoms with Crippen molar-refractivity contribution < 1.29 is 9.59 Å². The maximum absolute atomic E-state index is 11.7. The van der Waals surface area contributed by atoms with E-state index in [1.807, 2.05) is 0 Å². The summed E-state index contributed by atoms with van der Waals surface area (Å²) in [5, 5.41) is 3.89. The molecule has 0 radical (unpaired) electrons. The molecule has 0 spiro atoms. The van der Waals surface area contributed by atoms with Crippen LogP contribution in [0.4, 0.5) is 5.69 Å². The van der Waals surface area contributed by atoms with E-state index in [1.54, 1.807) is 31.3 Å². The van der Waals surface area contributed by atoms with E-state index in [4.69, 9.17) is 11.6 Å². The number of carbonyl (C=O) groups excluding carboxylic acids is 2. The van der Waals surface area contributed by atoms with Crippen molar-refractivity contribution in [2.75, 3.05) is 24.2 Å². The smallest absolute Gasteiger partial charge is 0.243 e. The molecule has 6 heteroatoms. The molecule has 1 rings (SSSR count). The van der Waals surface area contributed by atoms with Crippen LogP contribution in [0.5, 0.6) is 0 Å². The molecule has 0 saturated carbocycles. The zero-order valence-electron chi connectivity index (χ0n) is 9.95. The van der Waals surface area contributed by atoms with E-state index in [0.29, 0.717) is 22.5 Å². The predicted octanol–water partition coefficient (Wildman–Crippen LogP) is 2.52. The van der Waals surface area contributed by atoms with Gasteiger partial charge in [-0.1, -0.05) is 27.5 Å². The number of nitrogens with one attached hydrogen (secondary N) is 1. The number of alkyl halides is 1. The third-order valence-corrected chi connectivity index (χ3v) is 2.89. The molecule has 1 aromatic rings. The van der Waals surface area contributed by atoms with Gasteiger partial charge in [-0.2, -0.15) is 0 Å². The molecule has 0 heterocycles. The second-order valence-corrected chi connectivity index (χ2v) is 4.97. The highest BCUT2D eigenvalue weighted by Crippen LogP contribution is 2.13. The Bertz CT molecular complexity index is 423. The summed E-state index contributed by atoms with van der Waals surface area (Å²) in [5.74, 6) is -0.305. The molecule has 0 atom stereocenters. The van der Waals surface area contributed by atoms with E-state index in [-0.39, 0.29) is 18.4 Å². The van der Waals surface area contributed by atoms with Crippen LogP contribution >= 0.6 is 27.5 Å². The zero-order chi connectivity index (χ0) is 13.5. The Labute approximate surface area is 119 Å². The van der Waals surface area contributed by atoms with E-state index in [1.165, 1.54) is 4.90 Å². The summed E-state index contributed by atoms with van der Waals surface area (Å²) in [7, 11) is 1.60. The average molecular weight is 334 g/mol. The lowest BCUT2D eigenvalue weighted by Crippen LogP contribution is -2.34. The summed E-state index contributed by atoms with van der Waals surface area (Å²) in [5.41, 5.74) is 0.658. The van der Waals surface area contributed by atoms with Gasteiger partial charge in [-0.05, 0) is 24.3 Å². The van der Waals surface area contributed by atoms with Crippen LogP contribution in [0.2, 0.25) is 5.02 Å². The molecule has 2 amide bonds. The van der Waals surface area contributed by atoms with Crippen molar-refractivity contribution in [3.63, 3.8) is 0 Å². The van der Waals surface area contributed by atoms with Crippen LogP contribution in [0, 0.1) is 0 Å². The molecule has 4 nitrogen and oxygen atoms in total. The van der Waals surface area contributed by atoms with Crippen LogP contribution in [0.1, 0.15) is 6.42 Å². The molecule has 0 aromatic heterocycles. The SMILES string of the molecule is CN(CC(=O)Nc1ccc(Cl)cc1)C(=O)CCBr. The molecule has 0 saturated heterocycles. The highest BCUT2D eigenvalue weighted by molar-refractivity contribution is 9.09. The summed E-state index contributed by atoms with van der Waals surface area (Å²) in [4.78, 5) is 24.5. The molecular formula is C12H14BrClN2O2. The lowest BCUT2D eigenvalue weighted by Gasteiger charge is -2.16. The normalized spacial score (nSPS) is 9.94. The van der Waals surface area contributed by atoms with Gasteiger partial charge in [-0.15, -0.1) is 0 Å². The first-order valence-electron chi connectivity index (χ1n) is 5.38. The molecule has 18 heavy (non-hydrogen) atoms. The van der Waals surface area contributed by atoms with E-state index in [9.17, 15) is 9.59 Å². The molecule has 0 bridgehead atoms. The van der Waals surface area contributed by atoms with E-state index in [2.05, 4.69) is 21.2 Å². The van der Waals surface area contributed by atoms with Crippen LogP contribution in [-0.2, 0) is 9.59 Å². The molecule has 1 N–H and O–H groups in total. The van der Waals surface area contributed by atoms with Crippen molar-refractivity contribution >= 4 is 45.0 Å². The highest BCUT2D eigenvalue weighted by Gasteiger charge is 2.12. The summed E-state index contributed by atoms with van der Waals surface area (Å²) in [6.45, 7) is 0.0362. The monoisotopic (exact) mass is 332 g/mol. The van der Waals surface area contributed by atoms with E-state index >= 15 is 0 Å². The molecule has 0 aliphatic heterocycles. The topological polar surface area (TPSA) is 49.4 Å². The lowest BCUT2D eigenvalue weighted by molar-refractivity contribution is -0.132. The summed E-state index contributed by atoms with van der Waals surface area (Å²) in [6.07, 6.45) is 0.380. The number of benzene rings is 1. The Morgan fingerprint density at radius 1 is 1.33 bits per heavy atom. The number of carbonyl (C=O) groups is 2. The molecule has 1 aromatic carbocycles. The van der Waals surface area contributed by atoms with Crippen LogP contribution < -0.4 is 5.32 Å². The number of nitrogens with zero attached hydrogens (tertiary/aromatic N) is 1. The van der Waals surface area contributed by atoms with Gasteiger partial charge in [0.1, 0.15) is 0 Å². The maximum Gasteiger partial charge on any atom is 0.243 e. The first-order valence-corrected chi connectivity index (χ1v) is 6.88. The van der Waals surface area contributed by atoms with Crippen molar-refractivity contribution in [2.24, 2.45) is 0 Å². The first kappa shape index (κ1) is 15.0. The van der Waals surface area contributed by atoms with Gasteiger partial charge in [-0.3, -0.25) is 9.59 Å². The second-order valence-electron chi connectivity index (χ2n) is 3.74. The number of amides is 2. The Balaban J connectivity index is 2.46. The van der Waals surface area contributed by atoms with Crippen molar-refractivity contribution in [1.82, 2.24) is 4.90 Å². The van der Waals surface area contributed by atoms with Crippen molar-refractivity contribution in [3.05, 3.63) is 29.3 Å². The summed E-state index contributed by atoms with van der Waals surface area (Å²) in [6, 6.07) is 6.80. The number of hydrogen-bond acceptors (Lipinski definition) is 2. The van der Waals surface area contributed by atoms with Gasteiger partial charge in [-0.25, -0.2) is 0 Å². The van der Waals surface area contributed by atoms with Gasteiger partial charge >= 0.3 is 0 Å². The van der Waals surface area contributed by atoms with Gasteiger partial charge in [0.25, 0.3) is 0 Å². The Morgan fingerprint density at radius 2 is 1.94 bits per heavy atom. The fourth-order valence-electron chi connectivity index (χ4n) is 1.31. The van der Waals surface area contributed by atoms with Gasteiger partial charge in [0, 0.05) is 29.5 Å². The van der Waals surface area contributed by atoms with E-state index in [0.717, 1.165) is 0 Å². The van der Waals surface area contributed by atoms with Crippen LogP contribution in [0.3, 0.4) is 0 Å². The largest absolute Gasteiger partial charge is 0.336 e. The van der Waals surface area contributed by atoms with Crippen LogP contribution in [-0.4, -0.2) is 35.6 Å². The van der Waals surface area contributed by atoms with Crippen LogP contribution in [0.25, 0.3) is 0 Å². The number of likely N-dealkylation sites (N-methyl/N-ethyl adjacent to an activating group) is 1. The third-order valence-electron chi connectivity index (χ3n) is 2.24. The Kier molecular flexibility index (Phi) is 6.15. The van der Waals surface area contributed by atoms with Gasteiger partial charge < -0.3 is 10.2 Å². The van der Waals surface area contributed by atoms with Gasteiger partial charge in [0.05, 0.1) is 6.54 Å². The molecule has 0 unspecified atom stereocenters. The van der Waals surface area contributed by atoms with Crippen molar-refractivity contribution in [1.29, 1.82) is 0 Å². The van der Waals surface area contributed by atoms with E-state index < -0.39 is 0 Å². The van der Waals surface area contributed by atoms with Gasteiger partial charge in [0.2, 0.25) is 11.8 Å². The minimum Gasteiger partial charge on any atom is -0.336 e. The summed E-state index contributed by atoms with van der Waals surface area (Å²) >= 11 is 8.92. The van der Waals surface area contributed by atoms with Crippen molar-refractivity contribution in [2.45, 2.75) is 6.42 Å². The molecular weight excluding hydrogens is 320 g/mol. The number of anilines is 1. The highest BCUT2D eigenvalue weighted by atomic mass is 79.9. The molecule has 0 aliphatic carbocycles. The minimum absolute atomic E-state index is 0.0362. The third kappa shape index (κ3) is 5.06. The Hall–Kier alpha value is -1.07. The summed E-state index contributed by atoms with van der Waals surface area (Å²) < 4.78 is 0. The fourth-order valence-corrected chi connectivity index (χ4v) is 1.77. The lowest BCUT2D eigenvalue weighted by atomic mass is 10.3. The second kappa shape index (κ2) is 7.38. The molecule has 98 valence electrons. The first-order chi connectivity index (χ1) is 8.52. The fraction of sp³-hybridized carbons (Fsp3) is 0.333. The quantitative estimate of drug-likeness (QED) is 0.842. The molecule has 0 fully saturated rings. The van der Waals surface area contributed by atoms with Crippen molar-refractivity contribution in [3.8, 4) is 0 Å². The maximum atomic E-state index is 11.7. The predicted molar refractivity (Wildman–Crippen MR) is 76.1 cm³/mol. The zero-order valence-corrected chi connectivity index (χ0v) is 12.3. The Morgan fingerprint density at radius 3 is 2.50 bits per heavy atom. The van der Waals surface area contributed by atoms with Gasteiger partial charge in [0.15, 0.2) is 0 Å². The minimum atomic E-state index is -0.234. The number of halogens is 2. The number of rotatable bonds is 5. The molecule has 0 aliphatic rings. The standard InChI is InChI=1S/C12H14BrClN2O2/c1-16(12(18)6-7-13)8-11(17)15-10-4-2-9(14)3-5-10/h2-5H,6-8H2,1H3,(H,15,17). The average Bonchev–Trinajstić information content (AvgIpc) is 2.32.